The highest BCUT2D eigenvalue weighted by molar-refractivity contribution is 5.00. The van der Waals surface area contributed by atoms with Crippen molar-refractivity contribution in [2.75, 3.05) is 0 Å². The molecule has 0 aliphatic carbocycles. The second-order valence-corrected chi connectivity index (χ2v) is 3.75. The molecule has 1 unspecified atom stereocenters. The number of aliphatic hydroxyl groups is 2. The van der Waals surface area contributed by atoms with Crippen molar-refractivity contribution in [3.8, 4) is 24.7 Å². The van der Waals surface area contributed by atoms with Gasteiger partial charge in [0.05, 0.1) is 12.2 Å². The first-order valence-corrected chi connectivity index (χ1v) is 4.74. The van der Waals surface area contributed by atoms with E-state index in [1.165, 1.54) is 0 Å². The molecule has 0 bridgehead atoms. The lowest BCUT2D eigenvalue weighted by molar-refractivity contribution is -0.00802. The summed E-state index contributed by atoms with van der Waals surface area (Å²) in [6, 6.07) is 0. The number of hydrogen-bond donors (Lipinski definition) is 2. The van der Waals surface area contributed by atoms with Crippen LogP contribution in [0.3, 0.4) is 0 Å². The van der Waals surface area contributed by atoms with E-state index in [9.17, 15) is 10.2 Å². The molecular weight excluding hydrogens is 176 g/mol. The van der Waals surface area contributed by atoms with Crippen molar-refractivity contribution in [1.29, 1.82) is 0 Å². The molecule has 0 aliphatic heterocycles. The first-order chi connectivity index (χ1) is 6.45. The minimum absolute atomic E-state index is 0.273. The molecular formula is C12H18O2. The molecule has 0 aromatic heterocycles. The summed E-state index contributed by atoms with van der Waals surface area (Å²) in [6.07, 6.45) is 8.94. The van der Waals surface area contributed by atoms with Gasteiger partial charge >= 0.3 is 0 Å². The molecule has 0 saturated carbocycles. The molecule has 0 fully saturated rings. The quantitative estimate of drug-likeness (QED) is 0.652. The molecule has 0 aliphatic rings. The van der Waals surface area contributed by atoms with Gasteiger partial charge in [0, 0.05) is 17.8 Å². The third kappa shape index (κ3) is 3.07. The van der Waals surface area contributed by atoms with Gasteiger partial charge in [0.15, 0.2) is 0 Å². The molecule has 0 rings (SSSR count). The van der Waals surface area contributed by atoms with Gasteiger partial charge in [0.25, 0.3) is 0 Å². The summed E-state index contributed by atoms with van der Waals surface area (Å²) in [6.45, 7) is 5.24. The summed E-state index contributed by atoms with van der Waals surface area (Å²) < 4.78 is 0. The maximum Gasteiger partial charge on any atom is 0.0725 e. The molecule has 0 heterocycles. The molecule has 5 atom stereocenters. The van der Waals surface area contributed by atoms with Crippen LogP contribution in [0.15, 0.2) is 0 Å². The van der Waals surface area contributed by atoms with Crippen molar-refractivity contribution in [2.45, 2.75) is 33.0 Å². The van der Waals surface area contributed by atoms with Crippen molar-refractivity contribution in [3.63, 3.8) is 0 Å². The Morgan fingerprint density at radius 1 is 0.857 bits per heavy atom. The minimum Gasteiger partial charge on any atom is -0.391 e. The van der Waals surface area contributed by atoms with Gasteiger partial charge in [0.2, 0.25) is 0 Å². The van der Waals surface area contributed by atoms with E-state index in [0.717, 1.165) is 0 Å². The molecule has 2 heteroatoms. The summed E-state index contributed by atoms with van der Waals surface area (Å²) in [5, 5.41) is 19.5. The third-order valence-electron chi connectivity index (χ3n) is 2.63. The number of aliphatic hydroxyl groups excluding tert-OH is 2. The summed E-state index contributed by atoms with van der Waals surface area (Å²) >= 11 is 0. The second-order valence-electron chi connectivity index (χ2n) is 3.75. The van der Waals surface area contributed by atoms with E-state index in [2.05, 4.69) is 11.8 Å². The Balaban J connectivity index is 4.41. The van der Waals surface area contributed by atoms with Crippen LogP contribution in [-0.4, -0.2) is 22.4 Å². The standard InChI is InChI=1S/C12H18O2/c1-6-8(3)11(13)10(5)12(14)9(4)7-2/h1-2,8-14H,3-5H3/t8-,9-,10?,11-,12+/m0/s1. The fourth-order valence-corrected chi connectivity index (χ4v) is 1.31. The summed E-state index contributed by atoms with van der Waals surface area (Å²) in [5.74, 6) is 4.03. The van der Waals surface area contributed by atoms with Crippen LogP contribution in [0.25, 0.3) is 0 Å². The number of rotatable bonds is 4. The van der Waals surface area contributed by atoms with Gasteiger partial charge in [-0.2, -0.15) is 0 Å². The van der Waals surface area contributed by atoms with E-state index in [1.807, 2.05) is 0 Å². The van der Waals surface area contributed by atoms with E-state index in [4.69, 9.17) is 12.8 Å². The molecule has 0 aromatic rings. The Morgan fingerprint density at radius 3 is 1.36 bits per heavy atom. The highest BCUT2D eigenvalue weighted by Crippen LogP contribution is 2.20. The van der Waals surface area contributed by atoms with E-state index in [1.54, 1.807) is 20.8 Å². The van der Waals surface area contributed by atoms with Crippen LogP contribution in [0.4, 0.5) is 0 Å². The zero-order chi connectivity index (χ0) is 11.3. The van der Waals surface area contributed by atoms with Crippen LogP contribution in [0.5, 0.6) is 0 Å². The van der Waals surface area contributed by atoms with Gasteiger partial charge in [-0.3, -0.25) is 0 Å². The zero-order valence-electron chi connectivity index (χ0n) is 8.94. The van der Waals surface area contributed by atoms with Crippen molar-refractivity contribution in [3.05, 3.63) is 0 Å². The molecule has 0 saturated heterocycles. The normalized spacial score (nSPS) is 21.1. The van der Waals surface area contributed by atoms with E-state index < -0.39 is 12.2 Å². The molecule has 0 spiro atoms. The lowest BCUT2D eigenvalue weighted by Crippen LogP contribution is -2.36. The maximum atomic E-state index is 9.73. The summed E-state index contributed by atoms with van der Waals surface area (Å²) in [4.78, 5) is 0. The van der Waals surface area contributed by atoms with Crippen LogP contribution in [0.2, 0.25) is 0 Å². The highest BCUT2D eigenvalue weighted by Gasteiger charge is 2.28. The van der Waals surface area contributed by atoms with Gasteiger partial charge in [0.1, 0.15) is 0 Å². The Hall–Kier alpha value is -0.960. The largest absolute Gasteiger partial charge is 0.391 e. The summed E-state index contributed by atoms with van der Waals surface area (Å²) in [5.41, 5.74) is 0. The van der Waals surface area contributed by atoms with Gasteiger partial charge in [-0.05, 0) is 13.8 Å². The fourth-order valence-electron chi connectivity index (χ4n) is 1.31. The van der Waals surface area contributed by atoms with Crippen LogP contribution in [0.1, 0.15) is 20.8 Å². The molecule has 14 heavy (non-hydrogen) atoms. The average molecular weight is 194 g/mol. The lowest BCUT2D eigenvalue weighted by Gasteiger charge is -2.27. The Labute approximate surface area is 86.3 Å². The van der Waals surface area contributed by atoms with Crippen LogP contribution in [-0.2, 0) is 0 Å². The average Bonchev–Trinajstić information content (AvgIpc) is 2.23. The topological polar surface area (TPSA) is 40.5 Å². The second kappa shape index (κ2) is 5.70. The van der Waals surface area contributed by atoms with E-state index in [0.29, 0.717) is 0 Å². The Morgan fingerprint density at radius 2 is 1.14 bits per heavy atom. The summed E-state index contributed by atoms with van der Waals surface area (Å²) in [7, 11) is 0. The van der Waals surface area contributed by atoms with Crippen LogP contribution >= 0.6 is 0 Å². The predicted molar refractivity (Wildman–Crippen MR) is 57.2 cm³/mol. The molecule has 2 nitrogen and oxygen atoms in total. The van der Waals surface area contributed by atoms with Crippen molar-refractivity contribution in [1.82, 2.24) is 0 Å². The fraction of sp³-hybridized carbons (Fsp3) is 0.667. The van der Waals surface area contributed by atoms with E-state index in [-0.39, 0.29) is 17.8 Å². The zero-order valence-corrected chi connectivity index (χ0v) is 8.94. The van der Waals surface area contributed by atoms with Crippen molar-refractivity contribution < 1.29 is 10.2 Å². The smallest absolute Gasteiger partial charge is 0.0725 e. The Bertz CT molecular complexity index is 220. The Kier molecular flexibility index (Phi) is 5.31. The molecule has 2 N–H and O–H groups in total. The van der Waals surface area contributed by atoms with E-state index >= 15 is 0 Å². The van der Waals surface area contributed by atoms with Crippen LogP contribution < -0.4 is 0 Å². The van der Waals surface area contributed by atoms with Gasteiger partial charge in [-0.25, -0.2) is 0 Å². The third-order valence-corrected chi connectivity index (χ3v) is 2.63. The molecule has 78 valence electrons. The molecule has 0 aromatic carbocycles. The SMILES string of the molecule is C#C[C@H](C)[C@H](O)C(C)[C@H](O)[C@@H](C)C#C. The monoisotopic (exact) mass is 194 g/mol. The highest BCUT2D eigenvalue weighted by atomic mass is 16.3. The first-order valence-electron chi connectivity index (χ1n) is 4.74. The minimum atomic E-state index is -0.717. The molecule has 0 amide bonds. The van der Waals surface area contributed by atoms with Gasteiger partial charge < -0.3 is 10.2 Å². The van der Waals surface area contributed by atoms with Crippen LogP contribution in [0, 0.1) is 42.4 Å². The maximum absolute atomic E-state index is 9.73. The predicted octanol–water partition coefficient (Wildman–Crippen LogP) is 0.883. The first kappa shape index (κ1) is 13.0. The van der Waals surface area contributed by atoms with Gasteiger partial charge in [-0.1, -0.05) is 6.92 Å². The lowest BCUT2D eigenvalue weighted by atomic mass is 9.85. The van der Waals surface area contributed by atoms with Crippen molar-refractivity contribution >= 4 is 0 Å². The number of terminal acetylenes is 2. The van der Waals surface area contributed by atoms with Gasteiger partial charge in [-0.15, -0.1) is 24.7 Å². The van der Waals surface area contributed by atoms with Crippen molar-refractivity contribution in [2.24, 2.45) is 17.8 Å². The number of hydrogen-bond acceptors (Lipinski definition) is 2. The molecule has 0 radical (unpaired) electrons.